The van der Waals surface area contributed by atoms with Crippen LogP contribution in [0.1, 0.15) is 25.1 Å². The molecular weight excluding hydrogens is 320 g/mol. The SMILES string of the molecule is Cc1nccc2c3ccc(OCc4ccccc4)cc3n(CC(C)C)c12. The molecule has 0 N–H and O–H groups in total. The third-order valence-corrected chi connectivity index (χ3v) is 4.72. The molecule has 0 aliphatic rings. The Morgan fingerprint density at radius 3 is 2.58 bits per heavy atom. The molecule has 0 radical (unpaired) electrons. The molecule has 0 spiro atoms. The lowest BCUT2D eigenvalue weighted by Crippen LogP contribution is -2.05. The molecule has 2 aromatic carbocycles. The average molecular weight is 344 g/mol. The van der Waals surface area contributed by atoms with Gasteiger partial charge in [-0.1, -0.05) is 44.2 Å². The van der Waals surface area contributed by atoms with E-state index in [4.69, 9.17) is 4.74 Å². The van der Waals surface area contributed by atoms with Crippen LogP contribution in [0.5, 0.6) is 5.75 Å². The molecule has 2 heterocycles. The first-order chi connectivity index (χ1) is 12.6. The van der Waals surface area contributed by atoms with E-state index in [9.17, 15) is 0 Å². The van der Waals surface area contributed by atoms with Gasteiger partial charge in [0.25, 0.3) is 0 Å². The van der Waals surface area contributed by atoms with Gasteiger partial charge in [-0.25, -0.2) is 0 Å². The van der Waals surface area contributed by atoms with Crippen LogP contribution in [0.25, 0.3) is 21.8 Å². The molecule has 26 heavy (non-hydrogen) atoms. The van der Waals surface area contributed by atoms with E-state index < -0.39 is 0 Å². The van der Waals surface area contributed by atoms with Crippen LogP contribution in [-0.4, -0.2) is 9.55 Å². The van der Waals surface area contributed by atoms with Gasteiger partial charge in [-0.05, 0) is 36.6 Å². The second-order valence-electron chi connectivity index (χ2n) is 7.25. The lowest BCUT2D eigenvalue weighted by atomic mass is 10.1. The van der Waals surface area contributed by atoms with Crippen molar-refractivity contribution in [1.82, 2.24) is 9.55 Å². The summed E-state index contributed by atoms with van der Waals surface area (Å²) < 4.78 is 8.45. The van der Waals surface area contributed by atoms with Gasteiger partial charge in [-0.3, -0.25) is 4.98 Å². The summed E-state index contributed by atoms with van der Waals surface area (Å²) in [6, 6.07) is 18.8. The molecule has 0 bridgehead atoms. The van der Waals surface area contributed by atoms with Gasteiger partial charge in [0.1, 0.15) is 12.4 Å². The van der Waals surface area contributed by atoms with Crippen LogP contribution in [0.4, 0.5) is 0 Å². The Bertz CT molecular complexity index is 1050. The summed E-state index contributed by atoms with van der Waals surface area (Å²) in [5.74, 6) is 1.46. The van der Waals surface area contributed by atoms with Gasteiger partial charge in [-0.15, -0.1) is 0 Å². The van der Waals surface area contributed by atoms with Gasteiger partial charge in [-0.2, -0.15) is 0 Å². The van der Waals surface area contributed by atoms with Gasteiger partial charge in [0.05, 0.1) is 16.7 Å². The zero-order chi connectivity index (χ0) is 18.1. The molecule has 4 rings (SSSR count). The fraction of sp³-hybridized carbons (Fsp3) is 0.261. The van der Waals surface area contributed by atoms with E-state index in [0.717, 1.165) is 18.0 Å². The van der Waals surface area contributed by atoms with Crippen molar-refractivity contribution in [3.05, 3.63) is 72.1 Å². The van der Waals surface area contributed by atoms with Gasteiger partial charge in [0.15, 0.2) is 0 Å². The van der Waals surface area contributed by atoms with Crippen LogP contribution in [0, 0.1) is 12.8 Å². The number of aromatic nitrogens is 2. The molecule has 0 unspecified atom stereocenters. The van der Waals surface area contributed by atoms with E-state index in [-0.39, 0.29) is 0 Å². The number of hydrogen-bond donors (Lipinski definition) is 0. The zero-order valence-corrected chi connectivity index (χ0v) is 15.6. The largest absolute Gasteiger partial charge is 0.489 e. The number of hydrogen-bond acceptors (Lipinski definition) is 2. The van der Waals surface area contributed by atoms with Crippen LogP contribution in [0.3, 0.4) is 0 Å². The number of pyridine rings is 1. The van der Waals surface area contributed by atoms with E-state index in [1.807, 2.05) is 24.4 Å². The molecule has 0 fully saturated rings. The van der Waals surface area contributed by atoms with Crippen LogP contribution in [-0.2, 0) is 13.2 Å². The molecule has 4 aromatic rings. The second kappa shape index (κ2) is 6.83. The Hall–Kier alpha value is -2.81. The Labute approximate surface area is 154 Å². The van der Waals surface area contributed by atoms with Gasteiger partial charge < -0.3 is 9.30 Å². The fourth-order valence-electron chi connectivity index (χ4n) is 3.59. The number of fused-ring (bicyclic) bond motifs is 3. The van der Waals surface area contributed by atoms with Crippen LogP contribution >= 0.6 is 0 Å². The third-order valence-electron chi connectivity index (χ3n) is 4.72. The number of nitrogens with zero attached hydrogens (tertiary/aromatic N) is 2. The highest BCUT2D eigenvalue weighted by molar-refractivity contribution is 6.09. The maximum Gasteiger partial charge on any atom is 0.121 e. The van der Waals surface area contributed by atoms with Crippen molar-refractivity contribution in [2.45, 2.75) is 33.9 Å². The molecule has 2 aromatic heterocycles. The molecular formula is C23H24N2O. The van der Waals surface area contributed by atoms with E-state index >= 15 is 0 Å². The first-order valence-corrected chi connectivity index (χ1v) is 9.18. The standard InChI is InChI=1S/C23H24N2O/c1-16(2)14-25-22-13-19(26-15-18-7-5-4-6-8-18)9-10-20(22)21-11-12-24-17(3)23(21)25/h4-13,16H,14-15H2,1-3H3. The van der Waals surface area contributed by atoms with Gasteiger partial charge >= 0.3 is 0 Å². The smallest absolute Gasteiger partial charge is 0.121 e. The summed E-state index contributed by atoms with van der Waals surface area (Å²) in [5.41, 5.74) is 4.70. The highest BCUT2D eigenvalue weighted by Gasteiger charge is 2.14. The number of benzene rings is 2. The third kappa shape index (κ3) is 3.05. The lowest BCUT2D eigenvalue weighted by molar-refractivity contribution is 0.306. The maximum atomic E-state index is 6.06. The number of ether oxygens (including phenoxy) is 1. The summed E-state index contributed by atoms with van der Waals surface area (Å²) in [5, 5.41) is 2.53. The maximum absolute atomic E-state index is 6.06. The Morgan fingerprint density at radius 1 is 1.00 bits per heavy atom. The van der Waals surface area contributed by atoms with Crippen molar-refractivity contribution >= 4 is 21.8 Å². The molecule has 0 amide bonds. The summed E-state index contributed by atoms with van der Waals surface area (Å²) >= 11 is 0. The minimum absolute atomic E-state index is 0.558. The Kier molecular flexibility index (Phi) is 4.37. The molecule has 0 atom stereocenters. The summed E-state index contributed by atoms with van der Waals surface area (Å²) in [6.45, 7) is 8.13. The minimum atomic E-state index is 0.558. The second-order valence-corrected chi connectivity index (χ2v) is 7.25. The van der Waals surface area contributed by atoms with Crippen molar-refractivity contribution < 1.29 is 4.74 Å². The van der Waals surface area contributed by atoms with Crippen molar-refractivity contribution in [2.24, 2.45) is 5.92 Å². The topological polar surface area (TPSA) is 27.1 Å². The fourth-order valence-corrected chi connectivity index (χ4v) is 3.59. The molecule has 0 aliphatic carbocycles. The zero-order valence-electron chi connectivity index (χ0n) is 15.6. The molecule has 3 nitrogen and oxygen atoms in total. The summed E-state index contributed by atoms with van der Waals surface area (Å²) in [7, 11) is 0. The highest BCUT2D eigenvalue weighted by atomic mass is 16.5. The lowest BCUT2D eigenvalue weighted by Gasteiger charge is -2.12. The molecule has 132 valence electrons. The summed E-state index contributed by atoms with van der Waals surface area (Å²) in [4.78, 5) is 4.52. The van der Waals surface area contributed by atoms with Crippen molar-refractivity contribution in [3.63, 3.8) is 0 Å². The highest BCUT2D eigenvalue weighted by Crippen LogP contribution is 2.33. The van der Waals surface area contributed by atoms with E-state index in [1.165, 1.54) is 27.4 Å². The van der Waals surface area contributed by atoms with Crippen LogP contribution in [0.15, 0.2) is 60.8 Å². The van der Waals surface area contributed by atoms with Gasteiger partial charge in [0, 0.05) is 29.6 Å². The first-order valence-electron chi connectivity index (χ1n) is 9.18. The molecule has 0 saturated heterocycles. The quantitative estimate of drug-likeness (QED) is 0.462. The van der Waals surface area contributed by atoms with Crippen LogP contribution < -0.4 is 4.74 Å². The van der Waals surface area contributed by atoms with Crippen LogP contribution in [0.2, 0.25) is 0 Å². The van der Waals surface area contributed by atoms with Crippen molar-refractivity contribution in [2.75, 3.05) is 0 Å². The molecule has 0 aliphatic heterocycles. The Morgan fingerprint density at radius 2 is 1.81 bits per heavy atom. The number of rotatable bonds is 5. The van der Waals surface area contributed by atoms with Gasteiger partial charge in [0.2, 0.25) is 0 Å². The molecule has 0 saturated carbocycles. The van der Waals surface area contributed by atoms with Crippen molar-refractivity contribution in [3.8, 4) is 5.75 Å². The first kappa shape index (κ1) is 16.6. The van der Waals surface area contributed by atoms with E-state index in [2.05, 4.69) is 66.7 Å². The molecule has 3 heteroatoms. The van der Waals surface area contributed by atoms with Crippen molar-refractivity contribution in [1.29, 1.82) is 0 Å². The number of aryl methyl sites for hydroxylation is 1. The Balaban J connectivity index is 1.79. The average Bonchev–Trinajstić information content (AvgIpc) is 2.95. The van der Waals surface area contributed by atoms with E-state index in [1.54, 1.807) is 0 Å². The summed E-state index contributed by atoms with van der Waals surface area (Å²) in [6.07, 6.45) is 1.90. The predicted octanol–water partition coefficient (Wildman–Crippen LogP) is 5.73. The van der Waals surface area contributed by atoms with E-state index in [0.29, 0.717) is 12.5 Å². The minimum Gasteiger partial charge on any atom is -0.489 e. The predicted molar refractivity (Wildman–Crippen MR) is 108 cm³/mol. The monoisotopic (exact) mass is 344 g/mol. The normalized spacial score (nSPS) is 11.5.